The molecule has 0 amide bonds. The predicted octanol–water partition coefficient (Wildman–Crippen LogP) is 3.35. The van der Waals surface area contributed by atoms with Gasteiger partial charge in [-0.15, -0.1) is 0 Å². The van der Waals surface area contributed by atoms with Crippen LogP contribution in [0.15, 0.2) is 18.2 Å². The molecule has 1 aromatic carbocycles. The second kappa shape index (κ2) is 5.87. The summed E-state index contributed by atoms with van der Waals surface area (Å²) in [5, 5.41) is 3.30. The normalized spacial score (nSPS) is 17.5. The van der Waals surface area contributed by atoms with Crippen molar-refractivity contribution in [3.05, 3.63) is 29.3 Å². The van der Waals surface area contributed by atoms with Gasteiger partial charge in [0.05, 0.1) is 12.7 Å². The fraction of sp³-hybridized carbons (Fsp3) is 0.600. The van der Waals surface area contributed by atoms with E-state index in [2.05, 4.69) is 5.32 Å². The van der Waals surface area contributed by atoms with E-state index in [4.69, 9.17) is 4.74 Å². The zero-order valence-electron chi connectivity index (χ0n) is 11.5. The third-order valence-electron chi connectivity index (χ3n) is 3.74. The molecule has 1 aliphatic heterocycles. The SMILES string of the molecule is COc1cccc(CC2CCNCC2)c1C(C)(F)F. The smallest absolute Gasteiger partial charge is 0.274 e. The topological polar surface area (TPSA) is 21.3 Å². The summed E-state index contributed by atoms with van der Waals surface area (Å²) in [5.41, 5.74) is 0.773. The van der Waals surface area contributed by atoms with Crippen molar-refractivity contribution in [2.75, 3.05) is 20.2 Å². The molecule has 0 aliphatic carbocycles. The van der Waals surface area contributed by atoms with Gasteiger partial charge < -0.3 is 10.1 Å². The van der Waals surface area contributed by atoms with E-state index in [0.717, 1.165) is 38.4 Å². The first-order chi connectivity index (χ1) is 9.02. The molecular formula is C15H21F2NO. The Labute approximate surface area is 113 Å². The third kappa shape index (κ3) is 3.44. The molecule has 1 saturated heterocycles. The Morgan fingerprint density at radius 3 is 2.58 bits per heavy atom. The number of nitrogens with one attached hydrogen (secondary N) is 1. The lowest BCUT2D eigenvalue weighted by molar-refractivity contribution is 0.0139. The average Bonchev–Trinajstić information content (AvgIpc) is 2.38. The minimum absolute atomic E-state index is 0.0519. The minimum Gasteiger partial charge on any atom is -0.496 e. The van der Waals surface area contributed by atoms with Gasteiger partial charge in [0.25, 0.3) is 5.92 Å². The van der Waals surface area contributed by atoms with Crippen molar-refractivity contribution >= 4 is 0 Å². The molecule has 1 N–H and O–H groups in total. The minimum atomic E-state index is -2.87. The molecule has 0 spiro atoms. The van der Waals surface area contributed by atoms with Gasteiger partial charge in [-0.05, 0) is 49.9 Å². The van der Waals surface area contributed by atoms with Gasteiger partial charge in [-0.2, -0.15) is 0 Å². The number of halogens is 2. The highest BCUT2D eigenvalue weighted by Crippen LogP contribution is 2.38. The summed E-state index contributed by atoms with van der Waals surface area (Å²) in [6.07, 6.45) is 2.80. The summed E-state index contributed by atoms with van der Waals surface area (Å²) in [6, 6.07) is 5.21. The van der Waals surface area contributed by atoms with Crippen LogP contribution in [-0.4, -0.2) is 20.2 Å². The lowest BCUT2D eigenvalue weighted by Crippen LogP contribution is -2.29. The Morgan fingerprint density at radius 2 is 2.00 bits per heavy atom. The summed E-state index contributed by atoms with van der Waals surface area (Å²) in [7, 11) is 1.44. The summed E-state index contributed by atoms with van der Waals surface area (Å²) >= 11 is 0. The molecule has 1 fully saturated rings. The van der Waals surface area contributed by atoms with Gasteiger partial charge in [-0.3, -0.25) is 0 Å². The molecule has 1 heterocycles. The van der Waals surface area contributed by atoms with Crippen LogP contribution in [0.4, 0.5) is 8.78 Å². The van der Waals surface area contributed by atoms with Crippen molar-refractivity contribution in [1.82, 2.24) is 5.32 Å². The van der Waals surface area contributed by atoms with Crippen LogP contribution in [0.1, 0.15) is 30.9 Å². The van der Waals surface area contributed by atoms with Crippen LogP contribution in [-0.2, 0) is 12.3 Å². The van der Waals surface area contributed by atoms with E-state index in [0.29, 0.717) is 18.1 Å². The maximum absolute atomic E-state index is 13.8. The highest BCUT2D eigenvalue weighted by atomic mass is 19.3. The largest absolute Gasteiger partial charge is 0.496 e. The number of piperidine rings is 1. The van der Waals surface area contributed by atoms with E-state index in [-0.39, 0.29) is 5.56 Å². The van der Waals surface area contributed by atoms with Gasteiger partial charge >= 0.3 is 0 Å². The molecule has 0 atom stereocenters. The summed E-state index contributed by atoms with van der Waals surface area (Å²) in [4.78, 5) is 0. The van der Waals surface area contributed by atoms with E-state index in [1.165, 1.54) is 7.11 Å². The van der Waals surface area contributed by atoms with Gasteiger partial charge in [-0.25, -0.2) is 8.78 Å². The number of hydrogen-bond acceptors (Lipinski definition) is 2. The fourth-order valence-electron chi connectivity index (χ4n) is 2.81. The van der Waals surface area contributed by atoms with Crippen molar-refractivity contribution in [1.29, 1.82) is 0 Å². The second-order valence-electron chi connectivity index (χ2n) is 5.28. The molecule has 0 unspecified atom stereocenters. The average molecular weight is 269 g/mol. The molecule has 19 heavy (non-hydrogen) atoms. The van der Waals surface area contributed by atoms with E-state index in [1.807, 2.05) is 0 Å². The third-order valence-corrected chi connectivity index (χ3v) is 3.74. The van der Waals surface area contributed by atoms with Crippen molar-refractivity contribution in [2.24, 2.45) is 5.92 Å². The predicted molar refractivity (Wildman–Crippen MR) is 71.9 cm³/mol. The lowest BCUT2D eigenvalue weighted by Gasteiger charge is -2.25. The van der Waals surface area contributed by atoms with Crippen molar-refractivity contribution in [3.8, 4) is 5.75 Å². The summed E-state index contributed by atoms with van der Waals surface area (Å²) in [5.74, 6) is -2.09. The highest BCUT2D eigenvalue weighted by molar-refractivity contribution is 5.43. The van der Waals surface area contributed by atoms with E-state index in [1.54, 1.807) is 18.2 Å². The molecule has 1 aliphatic rings. The standard InChI is InChI=1S/C15H21F2NO/c1-15(16,17)14-12(4-3-5-13(14)19-2)10-11-6-8-18-9-7-11/h3-5,11,18H,6-10H2,1-2H3. The molecule has 0 aromatic heterocycles. The lowest BCUT2D eigenvalue weighted by atomic mass is 9.87. The van der Waals surface area contributed by atoms with Crippen LogP contribution < -0.4 is 10.1 Å². The van der Waals surface area contributed by atoms with Crippen LogP contribution in [0.25, 0.3) is 0 Å². The molecular weight excluding hydrogens is 248 g/mol. The van der Waals surface area contributed by atoms with E-state index in [9.17, 15) is 8.78 Å². The van der Waals surface area contributed by atoms with Crippen LogP contribution in [0.3, 0.4) is 0 Å². The Bertz CT molecular complexity index is 423. The van der Waals surface area contributed by atoms with Gasteiger partial charge in [-0.1, -0.05) is 12.1 Å². The van der Waals surface area contributed by atoms with Gasteiger partial charge in [0, 0.05) is 6.92 Å². The Kier molecular flexibility index (Phi) is 4.40. The molecule has 106 valence electrons. The van der Waals surface area contributed by atoms with Crippen LogP contribution in [0.5, 0.6) is 5.75 Å². The van der Waals surface area contributed by atoms with Gasteiger partial charge in [0.2, 0.25) is 0 Å². The quantitative estimate of drug-likeness (QED) is 0.905. The van der Waals surface area contributed by atoms with Crippen molar-refractivity contribution < 1.29 is 13.5 Å². The second-order valence-corrected chi connectivity index (χ2v) is 5.28. The summed E-state index contributed by atoms with van der Waals surface area (Å²) in [6.45, 7) is 2.90. The molecule has 0 radical (unpaired) electrons. The van der Waals surface area contributed by atoms with Crippen LogP contribution in [0, 0.1) is 5.92 Å². The Hall–Kier alpha value is -1.16. The zero-order valence-corrected chi connectivity index (χ0v) is 11.5. The number of rotatable bonds is 4. The van der Waals surface area contributed by atoms with Crippen molar-refractivity contribution in [2.45, 2.75) is 32.1 Å². The van der Waals surface area contributed by atoms with Gasteiger partial charge in [0.1, 0.15) is 5.75 Å². The number of hydrogen-bond donors (Lipinski definition) is 1. The number of benzene rings is 1. The Morgan fingerprint density at radius 1 is 1.32 bits per heavy atom. The first-order valence-electron chi connectivity index (χ1n) is 6.77. The van der Waals surface area contributed by atoms with Crippen LogP contribution in [0.2, 0.25) is 0 Å². The molecule has 4 heteroatoms. The first-order valence-corrected chi connectivity index (χ1v) is 6.77. The monoisotopic (exact) mass is 269 g/mol. The van der Waals surface area contributed by atoms with Crippen LogP contribution >= 0.6 is 0 Å². The number of ether oxygens (including phenoxy) is 1. The molecule has 1 aromatic rings. The van der Waals surface area contributed by atoms with E-state index >= 15 is 0 Å². The summed E-state index contributed by atoms with van der Waals surface area (Å²) < 4.78 is 32.8. The molecule has 0 saturated carbocycles. The number of methoxy groups -OCH3 is 1. The molecule has 2 nitrogen and oxygen atoms in total. The van der Waals surface area contributed by atoms with Crippen molar-refractivity contribution in [3.63, 3.8) is 0 Å². The zero-order chi connectivity index (χ0) is 13.9. The highest BCUT2D eigenvalue weighted by Gasteiger charge is 2.32. The maximum atomic E-state index is 13.8. The van der Waals surface area contributed by atoms with E-state index < -0.39 is 5.92 Å². The molecule has 0 bridgehead atoms. The van der Waals surface area contributed by atoms with Gasteiger partial charge in [0.15, 0.2) is 0 Å². The fourth-order valence-corrected chi connectivity index (χ4v) is 2.81. The maximum Gasteiger partial charge on any atom is 0.274 e. The first kappa shape index (κ1) is 14.3. The number of alkyl halides is 2. The molecule has 2 rings (SSSR count). The Balaban J connectivity index is 2.28.